The molecule has 7 heteroatoms. The maximum atomic E-state index is 12.6. The van der Waals surface area contributed by atoms with E-state index in [1.165, 1.54) is 0 Å². The smallest absolute Gasteiger partial charge is 0.273 e. The third-order valence-electron chi connectivity index (χ3n) is 5.14. The first-order valence-corrected chi connectivity index (χ1v) is 9.69. The van der Waals surface area contributed by atoms with Crippen LogP contribution in [0.25, 0.3) is 11.0 Å². The van der Waals surface area contributed by atoms with Crippen LogP contribution >= 0.6 is 0 Å². The van der Waals surface area contributed by atoms with E-state index in [-0.39, 0.29) is 17.9 Å². The van der Waals surface area contributed by atoms with Crippen molar-refractivity contribution in [2.24, 2.45) is 7.05 Å². The summed E-state index contributed by atoms with van der Waals surface area (Å²) in [5, 5.41) is 9.47. The zero-order valence-corrected chi connectivity index (χ0v) is 17.1. The molecule has 2 aromatic carbocycles. The number of aromatic nitrogens is 3. The van der Waals surface area contributed by atoms with Crippen molar-refractivity contribution in [3.05, 3.63) is 81.8 Å². The van der Waals surface area contributed by atoms with Crippen molar-refractivity contribution in [2.75, 3.05) is 10.6 Å². The molecule has 4 aromatic rings. The zero-order valence-electron chi connectivity index (χ0n) is 17.1. The van der Waals surface area contributed by atoms with E-state index in [4.69, 9.17) is 0 Å². The Balaban J connectivity index is 1.48. The maximum absolute atomic E-state index is 12.6. The van der Waals surface area contributed by atoms with Gasteiger partial charge in [0, 0.05) is 29.8 Å². The number of amides is 1. The Labute approximate surface area is 173 Å². The topological polar surface area (TPSA) is 91.8 Å². The first-order chi connectivity index (χ1) is 14.4. The van der Waals surface area contributed by atoms with Crippen LogP contribution in [0.15, 0.2) is 59.4 Å². The van der Waals surface area contributed by atoms with E-state index in [2.05, 4.69) is 20.7 Å². The number of nitrogens with zero attached hydrogens (tertiary/aromatic N) is 2. The van der Waals surface area contributed by atoms with Gasteiger partial charge in [-0.1, -0.05) is 18.2 Å². The summed E-state index contributed by atoms with van der Waals surface area (Å²) >= 11 is 0. The summed E-state index contributed by atoms with van der Waals surface area (Å²) in [6, 6.07) is 17.4. The number of benzene rings is 2. The molecule has 0 spiro atoms. The van der Waals surface area contributed by atoms with Crippen LogP contribution in [0.3, 0.4) is 0 Å². The second-order valence-electron chi connectivity index (χ2n) is 7.29. The largest absolute Gasteiger partial charge is 0.356 e. The predicted molar refractivity (Wildman–Crippen MR) is 119 cm³/mol. The first-order valence-electron chi connectivity index (χ1n) is 9.69. The van der Waals surface area contributed by atoms with Crippen LogP contribution in [0.5, 0.6) is 0 Å². The molecule has 7 nitrogen and oxygen atoms in total. The fourth-order valence-corrected chi connectivity index (χ4v) is 3.60. The van der Waals surface area contributed by atoms with E-state index in [1.54, 1.807) is 11.7 Å². The molecule has 3 N–H and O–H groups in total. The number of carbonyl (C=O) groups excluding carboxylic acids is 1. The van der Waals surface area contributed by atoms with E-state index in [0.717, 1.165) is 28.2 Å². The van der Waals surface area contributed by atoms with Gasteiger partial charge < -0.3 is 10.6 Å². The average Bonchev–Trinajstić information content (AvgIpc) is 3.00. The molecule has 0 aliphatic rings. The summed E-state index contributed by atoms with van der Waals surface area (Å²) in [5.41, 5.74) is 5.35. The lowest BCUT2D eigenvalue weighted by Crippen LogP contribution is -2.17. The van der Waals surface area contributed by atoms with Crippen LogP contribution in [0.1, 0.15) is 16.8 Å². The number of H-pyrrole nitrogens is 1. The number of carbonyl (C=O) groups is 1. The summed E-state index contributed by atoms with van der Waals surface area (Å²) in [6.45, 7) is 3.72. The Morgan fingerprint density at radius 3 is 2.33 bits per heavy atom. The predicted octanol–water partition coefficient (Wildman–Crippen LogP) is 3.80. The van der Waals surface area contributed by atoms with Gasteiger partial charge in [0.2, 0.25) is 5.91 Å². The van der Waals surface area contributed by atoms with Gasteiger partial charge in [-0.15, -0.1) is 0 Å². The van der Waals surface area contributed by atoms with Crippen LogP contribution in [0.4, 0.5) is 17.1 Å². The van der Waals surface area contributed by atoms with Gasteiger partial charge in [-0.25, -0.2) is 4.98 Å². The molecular formula is C23H23N5O2. The third-order valence-corrected chi connectivity index (χ3v) is 5.14. The molecule has 1 amide bonds. The minimum atomic E-state index is -0.194. The summed E-state index contributed by atoms with van der Waals surface area (Å²) < 4.78 is 1.60. The van der Waals surface area contributed by atoms with E-state index in [0.29, 0.717) is 16.7 Å². The molecule has 0 aliphatic carbocycles. The standard InChI is InChI=1S/C23H23N5O2/c1-14-19(15(2)24-22-21(14)23(30)27-28(22)3)13-20(29)26-18-11-9-17(10-12-18)25-16-7-5-4-6-8-16/h4-12,25H,13H2,1-3H3,(H,26,29)(H,27,30). The molecular weight excluding hydrogens is 378 g/mol. The highest BCUT2D eigenvalue weighted by Crippen LogP contribution is 2.22. The number of aromatic amines is 1. The van der Waals surface area contributed by atoms with Gasteiger partial charge in [0.05, 0.1) is 11.8 Å². The molecule has 4 rings (SSSR count). The summed E-state index contributed by atoms with van der Waals surface area (Å²) in [4.78, 5) is 29.4. The van der Waals surface area contributed by atoms with Crippen molar-refractivity contribution in [3.63, 3.8) is 0 Å². The van der Waals surface area contributed by atoms with Gasteiger partial charge in [0.1, 0.15) is 0 Å². The third kappa shape index (κ3) is 3.82. The number of pyridine rings is 1. The SMILES string of the molecule is Cc1nc2c(c(C)c1CC(=O)Nc1ccc(Nc3ccccc3)cc1)c(=O)[nH]n2C. The summed E-state index contributed by atoms with van der Waals surface area (Å²) in [5.74, 6) is -0.154. The Kier molecular flexibility index (Phi) is 5.10. The van der Waals surface area contributed by atoms with Gasteiger partial charge in [0.25, 0.3) is 5.56 Å². The van der Waals surface area contributed by atoms with Crippen LogP contribution in [0, 0.1) is 13.8 Å². The molecule has 0 saturated heterocycles. The number of para-hydroxylation sites is 1. The Bertz CT molecular complexity index is 1270. The van der Waals surface area contributed by atoms with Gasteiger partial charge in [-0.3, -0.25) is 19.4 Å². The Morgan fingerprint density at radius 2 is 1.63 bits per heavy atom. The molecule has 0 fully saturated rings. The van der Waals surface area contributed by atoms with Gasteiger partial charge in [0.15, 0.2) is 5.65 Å². The van der Waals surface area contributed by atoms with Crippen molar-refractivity contribution in [2.45, 2.75) is 20.3 Å². The molecule has 152 valence electrons. The molecule has 30 heavy (non-hydrogen) atoms. The van der Waals surface area contributed by atoms with Crippen molar-refractivity contribution in [1.29, 1.82) is 0 Å². The minimum absolute atomic E-state index is 0.152. The highest BCUT2D eigenvalue weighted by Gasteiger charge is 2.17. The molecule has 0 unspecified atom stereocenters. The van der Waals surface area contributed by atoms with Crippen LogP contribution < -0.4 is 16.2 Å². The highest BCUT2D eigenvalue weighted by molar-refractivity contribution is 5.94. The Hall–Kier alpha value is -3.87. The number of aryl methyl sites for hydroxylation is 3. The second-order valence-corrected chi connectivity index (χ2v) is 7.29. The van der Waals surface area contributed by atoms with Gasteiger partial charge in [-0.05, 0) is 61.4 Å². The van der Waals surface area contributed by atoms with Gasteiger partial charge >= 0.3 is 0 Å². The van der Waals surface area contributed by atoms with E-state index < -0.39 is 0 Å². The Morgan fingerprint density at radius 1 is 1.00 bits per heavy atom. The molecule has 0 saturated carbocycles. The van der Waals surface area contributed by atoms with Crippen LogP contribution in [0.2, 0.25) is 0 Å². The second kappa shape index (κ2) is 7.87. The quantitative estimate of drug-likeness (QED) is 0.474. The number of hydrogen-bond donors (Lipinski definition) is 3. The van der Waals surface area contributed by atoms with Crippen molar-refractivity contribution < 1.29 is 4.79 Å². The number of rotatable bonds is 5. The zero-order chi connectivity index (χ0) is 21.3. The van der Waals surface area contributed by atoms with Crippen molar-refractivity contribution >= 4 is 34.0 Å². The summed E-state index contributed by atoms with van der Waals surface area (Å²) in [6.07, 6.45) is 0.152. The number of nitrogens with one attached hydrogen (secondary N) is 3. The molecule has 2 aromatic heterocycles. The highest BCUT2D eigenvalue weighted by atomic mass is 16.1. The maximum Gasteiger partial charge on any atom is 0.273 e. The fourth-order valence-electron chi connectivity index (χ4n) is 3.60. The lowest BCUT2D eigenvalue weighted by molar-refractivity contribution is -0.115. The minimum Gasteiger partial charge on any atom is -0.356 e. The molecule has 0 aliphatic heterocycles. The van der Waals surface area contributed by atoms with E-state index >= 15 is 0 Å². The van der Waals surface area contributed by atoms with Crippen LogP contribution in [-0.4, -0.2) is 20.7 Å². The first kappa shape index (κ1) is 19.4. The number of fused-ring (bicyclic) bond motifs is 1. The molecule has 0 radical (unpaired) electrons. The number of hydrogen-bond acceptors (Lipinski definition) is 4. The normalized spacial score (nSPS) is 10.9. The average molecular weight is 401 g/mol. The lowest BCUT2D eigenvalue weighted by Gasteiger charge is -2.12. The van der Waals surface area contributed by atoms with Crippen molar-refractivity contribution in [3.8, 4) is 0 Å². The van der Waals surface area contributed by atoms with Gasteiger partial charge in [-0.2, -0.15) is 0 Å². The monoisotopic (exact) mass is 401 g/mol. The van der Waals surface area contributed by atoms with Crippen LogP contribution in [-0.2, 0) is 18.3 Å². The van der Waals surface area contributed by atoms with E-state index in [9.17, 15) is 9.59 Å². The molecule has 2 heterocycles. The van der Waals surface area contributed by atoms with E-state index in [1.807, 2.05) is 68.4 Å². The molecule has 0 atom stereocenters. The lowest BCUT2D eigenvalue weighted by atomic mass is 10.0. The summed E-state index contributed by atoms with van der Waals surface area (Å²) in [7, 11) is 1.75. The number of anilines is 3. The van der Waals surface area contributed by atoms with Crippen molar-refractivity contribution in [1.82, 2.24) is 14.8 Å². The molecule has 0 bridgehead atoms. The fraction of sp³-hybridized carbons (Fsp3) is 0.174.